The molecular weight excluding hydrogens is 356 g/mol. The van der Waals surface area contributed by atoms with Crippen LogP contribution >= 0.6 is 0 Å². The van der Waals surface area contributed by atoms with E-state index in [0.717, 1.165) is 13.1 Å². The maximum atomic E-state index is 3.40. The number of aromatic nitrogens is 4. The Labute approximate surface area is 179 Å². The predicted molar refractivity (Wildman–Crippen MR) is 122 cm³/mol. The minimum absolute atomic E-state index is 1.00. The zero-order chi connectivity index (χ0) is 20.7. The number of aryl methyl sites for hydroxylation is 3. The fourth-order valence-electron chi connectivity index (χ4n) is 4.28. The Morgan fingerprint density at radius 1 is 0.759 bits per heavy atom. The number of unbranched alkanes of at least 4 members (excludes halogenated alkanes) is 13. The van der Waals surface area contributed by atoms with Crippen molar-refractivity contribution in [2.45, 2.75) is 117 Å². The van der Waals surface area contributed by atoms with Gasteiger partial charge in [0.05, 0.1) is 20.1 Å². The van der Waals surface area contributed by atoms with Crippen LogP contribution in [-0.4, -0.2) is 9.55 Å². The first kappa shape index (κ1) is 23.7. The average Bonchev–Trinajstić information content (AvgIpc) is 3.33. The number of H-pyrrole nitrogens is 1. The summed E-state index contributed by atoms with van der Waals surface area (Å²) in [5.41, 5.74) is 0. The van der Waals surface area contributed by atoms with E-state index in [-0.39, 0.29) is 0 Å². The quantitative estimate of drug-likeness (QED) is 0.245. The third-order valence-corrected chi connectivity index (χ3v) is 6.15. The van der Waals surface area contributed by atoms with Crippen molar-refractivity contribution in [3.8, 4) is 11.6 Å². The average molecular weight is 403 g/mol. The van der Waals surface area contributed by atoms with Crippen LogP contribution in [0.2, 0.25) is 0 Å². The molecule has 0 aliphatic heterocycles. The fourth-order valence-corrected chi connectivity index (χ4v) is 4.28. The van der Waals surface area contributed by atoms with Crippen molar-refractivity contribution in [1.29, 1.82) is 0 Å². The molecule has 0 fully saturated rings. The topological polar surface area (TPSA) is 28.5 Å². The lowest BCUT2D eigenvalue weighted by Gasteiger charge is -2.04. The van der Waals surface area contributed by atoms with Crippen molar-refractivity contribution in [2.75, 3.05) is 0 Å². The van der Waals surface area contributed by atoms with Gasteiger partial charge in [-0.05, 0) is 19.8 Å². The van der Waals surface area contributed by atoms with Gasteiger partial charge in [-0.1, -0.05) is 84.0 Å². The lowest BCUT2D eigenvalue weighted by atomic mass is 10.0. The second-order valence-corrected chi connectivity index (χ2v) is 8.62. The summed E-state index contributed by atoms with van der Waals surface area (Å²) in [5, 5.41) is 0. The van der Waals surface area contributed by atoms with Gasteiger partial charge in [-0.15, -0.1) is 0 Å². The molecule has 2 heterocycles. The molecule has 2 aromatic heterocycles. The molecule has 29 heavy (non-hydrogen) atoms. The zero-order valence-electron chi connectivity index (χ0n) is 19.5. The summed E-state index contributed by atoms with van der Waals surface area (Å²) in [6.45, 7) is 6.62. The molecule has 0 spiro atoms. The summed E-state index contributed by atoms with van der Waals surface area (Å²) in [6, 6.07) is 0. The van der Waals surface area contributed by atoms with Gasteiger partial charge < -0.3 is 0 Å². The van der Waals surface area contributed by atoms with Crippen molar-refractivity contribution < 1.29 is 9.13 Å². The molecule has 0 aromatic carbocycles. The first-order chi connectivity index (χ1) is 14.3. The summed E-state index contributed by atoms with van der Waals surface area (Å²) in [5.74, 6) is 2.47. The molecule has 4 heteroatoms. The first-order valence-corrected chi connectivity index (χ1v) is 12.4. The second-order valence-electron chi connectivity index (χ2n) is 8.62. The van der Waals surface area contributed by atoms with Crippen LogP contribution in [-0.2, 0) is 20.1 Å². The number of imidazole rings is 2. The van der Waals surface area contributed by atoms with Gasteiger partial charge in [-0.3, -0.25) is 0 Å². The molecular formula is C25H46N4+2. The van der Waals surface area contributed by atoms with Gasteiger partial charge in [0.1, 0.15) is 24.8 Å². The van der Waals surface area contributed by atoms with Gasteiger partial charge >= 0.3 is 11.6 Å². The van der Waals surface area contributed by atoms with E-state index in [4.69, 9.17) is 0 Å². The van der Waals surface area contributed by atoms with Crippen LogP contribution < -0.4 is 9.13 Å². The summed E-state index contributed by atoms with van der Waals surface area (Å²) < 4.78 is 6.91. The van der Waals surface area contributed by atoms with E-state index in [2.05, 4.69) is 58.2 Å². The maximum Gasteiger partial charge on any atom is 0.373 e. The summed E-state index contributed by atoms with van der Waals surface area (Å²) in [7, 11) is 2.11. The van der Waals surface area contributed by atoms with E-state index < -0.39 is 0 Å². The number of nitrogens with zero attached hydrogens (tertiary/aromatic N) is 3. The van der Waals surface area contributed by atoms with Crippen molar-refractivity contribution in [3.05, 3.63) is 24.8 Å². The standard InChI is InChI=1S/C25H45N4/c1-4-6-7-8-9-10-11-12-13-14-15-16-17-18-20-29-23-22-28(5-2)25(29)24-26-19-21-27(24)3/h19,21-23H,4-18,20H2,1-3H3/q+1/p+1. The van der Waals surface area contributed by atoms with Gasteiger partial charge in [-0.2, -0.15) is 0 Å². The van der Waals surface area contributed by atoms with Gasteiger partial charge in [0.25, 0.3) is 0 Å². The van der Waals surface area contributed by atoms with Crippen molar-refractivity contribution >= 4 is 0 Å². The SMILES string of the molecule is CCCCCCCCCCCCCCCC[n+]1ccn(CC)c1-c1[nH]cc[n+]1C. The van der Waals surface area contributed by atoms with E-state index >= 15 is 0 Å². The Kier molecular flexibility index (Phi) is 11.8. The van der Waals surface area contributed by atoms with Gasteiger partial charge in [0.2, 0.25) is 0 Å². The summed E-state index contributed by atoms with van der Waals surface area (Å²) in [4.78, 5) is 3.40. The van der Waals surface area contributed by atoms with E-state index in [9.17, 15) is 0 Å². The molecule has 0 aliphatic carbocycles. The molecule has 164 valence electrons. The van der Waals surface area contributed by atoms with Crippen LogP contribution in [0, 0.1) is 0 Å². The maximum absolute atomic E-state index is 3.40. The molecule has 0 amide bonds. The van der Waals surface area contributed by atoms with Crippen LogP contribution in [0.15, 0.2) is 24.8 Å². The minimum Gasteiger partial charge on any atom is -0.237 e. The Morgan fingerprint density at radius 3 is 1.79 bits per heavy atom. The molecule has 0 radical (unpaired) electrons. The third-order valence-electron chi connectivity index (χ3n) is 6.15. The largest absolute Gasteiger partial charge is 0.373 e. The Hall–Kier alpha value is -1.58. The molecule has 1 N–H and O–H groups in total. The predicted octanol–water partition coefficient (Wildman–Crippen LogP) is 6.10. The lowest BCUT2D eigenvalue weighted by molar-refractivity contribution is -0.705. The first-order valence-electron chi connectivity index (χ1n) is 12.4. The van der Waals surface area contributed by atoms with Crippen molar-refractivity contribution in [1.82, 2.24) is 9.55 Å². The van der Waals surface area contributed by atoms with E-state index in [1.807, 2.05) is 6.20 Å². The normalized spacial score (nSPS) is 11.4. The zero-order valence-corrected chi connectivity index (χ0v) is 19.5. The van der Waals surface area contributed by atoms with Crippen LogP contribution in [0.25, 0.3) is 11.6 Å². The number of nitrogens with one attached hydrogen (secondary N) is 1. The van der Waals surface area contributed by atoms with Gasteiger partial charge in [-0.25, -0.2) is 18.7 Å². The lowest BCUT2D eigenvalue weighted by Crippen LogP contribution is -2.40. The summed E-state index contributed by atoms with van der Waals surface area (Å²) in [6.07, 6.45) is 28.3. The van der Waals surface area contributed by atoms with Gasteiger partial charge in [0.15, 0.2) is 0 Å². The van der Waals surface area contributed by atoms with Crippen LogP contribution in [0.1, 0.15) is 104 Å². The second kappa shape index (κ2) is 14.4. The Balaban J connectivity index is 1.53. The molecule has 0 atom stereocenters. The number of hydrogen-bond donors (Lipinski definition) is 1. The van der Waals surface area contributed by atoms with E-state index in [1.54, 1.807) is 0 Å². The van der Waals surface area contributed by atoms with Crippen molar-refractivity contribution in [2.24, 2.45) is 7.05 Å². The van der Waals surface area contributed by atoms with Crippen LogP contribution in [0.4, 0.5) is 0 Å². The molecule has 4 nitrogen and oxygen atoms in total. The highest BCUT2D eigenvalue weighted by molar-refractivity contribution is 5.34. The highest BCUT2D eigenvalue weighted by Crippen LogP contribution is 2.14. The molecule has 2 aromatic rings. The molecule has 0 unspecified atom stereocenters. The fraction of sp³-hybridized carbons (Fsp3) is 0.760. The molecule has 0 aliphatic rings. The van der Waals surface area contributed by atoms with E-state index in [0.29, 0.717) is 0 Å². The smallest absolute Gasteiger partial charge is 0.237 e. The Bertz CT molecular complexity index is 656. The van der Waals surface area contributed by atoms with Crippen LogP contribution in [0.3, 0.4) is 0 Å². The number of rotatable bonds is 17. The molecule has 0 saturated heterocycles. The van der Waals surface area contributed by atoms with Gasteiger partial charge in [0, 0.05) is 0 Å². The number of aromatic amines is 1. The minimum atomic E-state index is 1.00. The van der Waals surface area contributed by atoms with Crippen LogP contribution in [0.5, 0.6) is 0 Å². The molecule has 0 bridgehead atoms. The monoisotopic (exact) mass is 402 g/mol. The highest BCUT2D eigenvalue weighted by atomic mass is 15.2. The highest BCUT2D eigenvalue weighted by Gasteiger charge is 2.26. The summed E-state index contributed by atoms with van der Waals surface area (Å²) >= 11 is 0. The molecule has 0 saturated carbocycles. The third kappa shape index (κ3) is 8.36. The van der Waals surface area contributed by atoms with E-state index in [1.165, 1.54) is 102 Å². The number of hydrogen-bond acceptors (Lipinski definition) is 0. The van der Waals surface area contributed by atoms with Crippen molar-refractivity contribution in [3.63, 3.8) is 0 Å². The molecule has 2 rings (SSSR count). The Morgan fingerprint density at radius 2 is 1.31 bits per heavy atom.